The predicted octanol–water partition coefficient (Wildman–Crippen LogP) is 12.6. The normalized spacial score (nSPS) is 14.8. The molecule has 226 valence electrons. The van der Waals surface area contributed by atoms with Crippen LogP contribution in [-0.4, -0.2) is 0 Å². The minimum Gasteiger partial charge on any atom is -0.310 e. The summed E-state index contributed by atoms with van der Waals surface area (Å²) in [6.45, 7) is 14.0. The summed E-state index contributed by atoms with van der Waals surface area (Å²) < 4.78 is 0. The van der Waals surface area contributed by atoms with E-state index >= 15 is 0 Å². The molecule has 8 rings (SSSR count). The van der Waals surface area contributed by atoms with E-state index in [0.717, 1.165) is 5.69 Å². The smallest absolute Gasteiger partial charge is 0.0468 e. The molecule has 0 aromatic heterocycles. The van der Waals surface area contributed by atoms with Crippen molar-refractivity contribution >= 4 is 17.1 Å². The van der Waals surface area contributed by atoms with Crippen LogP contribution in [0.3, 0.4) is 0 Å². The van der Waals surface area contributed by atoms with Crippen molar-refractivity contribution in [1.29, 1.82) is 0 Å². The summed E-state index contributed by atoms with van der Waals surface area (Å²) in [4.78, 5) is 2.45. The lowest BCUT2D eigenvalue weighted by molar-refractivity contribution is 0.660. The molecule has 0 aliphatic heterocycles. The second-order valence-electron chi connectivity index (χ2n) is 14.4. The number of fused-ring (bicyclic) bond motifs is 6. The first kappa shape index (κ1) is 28.6. The first-order valence-corrected chi connectivity index (χ1v) is 16.6. The fraction of sp³-hybridized carbons (Fsp3) is 0.200. The highest BCUT2D eigenvalue weighted by atomic mass is 15.1. The third-order valence-electron chi connectivity index (χ3n) is 10.7. The van der Waals surface area contributed by atoms with E-state index < -0.39 is 0 Å². The molecule has 0 fully saturated rings. The van der Waals surface area contributed by atoms with Gasteiger partial charge in [0.2, 0.25) is 0 Å². The van der Waals surface area contributed by atoms with Gasteiger partial charge in [0, 0.05) is 27.9 Å². The Morgan fingerprint density at radius 3 is 1.57 bits per heavy atom. The van der Waals surface area contributed by atoms with Gasteiger partial charge in [-0.2, -0.15) is 0 Å². The molecule has 0 bridgehead atoms. The summed E-state index contributed by atoms with van der Waals surface area (Å²) in [5.74, 6) is 0.463. The highest BCUT2D eigenvalue weighted by molar-refractivity contribution is 5.89. The van der Waals surface area contributed by atoms with Crippen LogP contribution < -0.4 is 4.90 Å². The Bertz CT molecular complexity index is 2130. The lowest BCUT2D eigenvalue weighted by Gasteiger charge is -2.29. The molecule has 2 aliphatic rings. The fourth-order valence-corrected chi connectivity index (χ4v) is 8.18. The van der Waals surface area contributed by atoms with E-state index in [9.17, 15) is 0 Å². The third kappa shape index (κ3) is 4.22. The topological polar surface area (TPSA) is 3.24 Å². The molecule has 0 saturated heterocycles. The molecule has 0 heterocycles. The molecule has 0 unspecified atom stereocenters. The molecule has 6 aromatic rings. The summed E-state index contributed by atoms with van der Waals surface area (Å²) in [5.41, 5.74) is 18.3. The summed E-state index contributed by atoms with van der Waals surface area (Å²) >= 11 is 0. The van der Waals surface area contributed by atoms with Gasteiger partial charge >= 0.3 is 0 Å². The Kier molecular flexibility index (Phi) is 6.41. The molecule has 0 saturated carbocycles. The minimum atomic E-state index is -0.0705. The van der Waals surface area contributed by atoms with E-state index in [1.165, 1.54) is 72.6 Å². The van der Waals surface area contributed by atoms with E-state index in [1.54, 1.807) is 0 Å². The van der Waals surface area contributed by atoms with Crippen molar-refractivity contribution in [1.82, 2.24) is 0 Å². The Morgan fingerprint density at radius 1 is 0.413 bits per heavy atom. The van der Waals surface area contributed by atoms with E-state index in [-0.39, 0.29) is 10.8 Å². The quantitative estimate of drug-likeness (QED) is 0.192. The molecule has 1 nitrogen and oxygen atoms in total. The summed E-state index contributed by atoms with van der Waals surface area (Å²) in [5, 5.41) is 0. The molecule has 1 heteroatoms. The van der Waals surface area contributed by atoms with E-state index in [1.807, 2.05) is 0 Å². The average Bonchev–Trinajstić information content (AvgIpc) is 3.44. The Labute approximate surface area is 274 Å². The van der Waals surface area contributed by atoms with Crippen molar-refractivity contribution in [3.05, 3.63) is 161 Å². The van der Waals surface area contributed by atoms with Gasteiger partial charge in [0.1, 0.15) is 0 Å². The molecule has 0 atom stereocenters. The van der Waals surface area contributed by atoms with E-state index in [2.05, 4.69) is 180 Å². The Morgan fingerprint density at radius 2 is 0.891 bits per heavy atom. The zero-order valence-electron chi connectivity index (χ0n) is 27.7. The summed E-state index contributed by atoms with van der Waals surface area (Å²) in [6, 6.07) is 50.0. The number of benzene rings is 6. The predicted molar refractivity (Wildman–Crippen MR) is 196 cm³/mol. The van der Waals surface area contributed by atoms with Gasteiger partial charge in [-0.15, -0.1) is 0 Å². The van der Waals surface area contributed by atoms with Gasteiger partial charge in [-0.25, -0.2) is 0 Å². The fourth-order valence-electron chi connectivity index (χ4n) is 8.18. The second-order valence-corrected chi connectivity index (χ2v) is 14.4. The molecule has 2 aliphatic carbocycles. The van der Waals surface area contributed by atoms with Crippen molar-refractivity contribution in [3.8, 4) is 33.4 Å². The number of anilines is 3. The molecule has 0 N–H and O–H groups in total. The number of hydrogen-bond donors (Lipinski definition) is 0. The average molecular weight is 596 g/mol. The van der Waals surface area contributed by atoms with Gasteiger partial charge < -0.3 is 4.90 Å². The monoisotopic (exact) mass is 595 g/mol. The highest BCUT2D eigenvalue weighted by Crippen LogP contribution is 2.53. The van der Waals surface area contributed by atoms with Crippen LogP contribution >= 0.6 is 0 Å². The van der Waals surface area contributed by atoms with Gasteiger partial charge in [-0.05, 0) is 104 Å². The maximum absolute atomic E-state index is 2.45. The van der Waals surface area contributed by atoms with Crippen LogP contribution in [0.15, 0.2) is 133 Å². The summed E-state index contributed by atoms with van der Waals surface area (Å²) in [7, 11) is 0. The van der Waals surface area contributed by atoms with Crippen LogP contribution in [0.1, 0.15) is 75.3 Å². The number of nitrogens with zero attached hydrogens (tertiary/aromatic N) is 1. The van der Waals surface area contributed by atoms with Gasteiger partial charge in [0.15, 0.2) is 0 Å². The van der Waals surface area contributed by atoms with Crippen molar-refractivity contribution < 1.29 is 0 Å². The van der Waals surface area contributed by atoms with Crippen LogP contribution in [0, 0.1) is 0 Å². The van der Waals surface area contributed by atoms with Crippen LogP contribution in [0.5, 0.6) is 0 Å². The first-order valence-electron chi connectivity index (χ1n) is 16.6. The van der Waals surface area contributed by atoms with Gasteiger partial charge in [-0.1, -0.05) is 139 Å². The Hall–Kier alpha value is -4.88. The van der Waals surface area contributed by atoms with Crippen molar-refractivity contribution in [2.24, 2.45) is 0 Å². The van der Waals surface area contributed by atoms with Gasteiger partial charge in [0.05, 0.1) is 0 Å². The minimum absolute atomic E-state index is 0.0237. The number of rotatable bonds is 5. The van der Waals surface area contributed by atoms with Crippen LogP contribution in [0.25, 0.3) is 33.4 Å². The molecular weight excluding hydrogens is 555 g/mol. The van der Waals surface area contributed by atoms with Crippen LogP contribution in [-0.2, 0) is 10.8 Å². The standard InChI is InChI=1S/C45H41N/c1-29(2)34-13-7-8-14-35(34)30-19-21-31(22-20-30)46(32-24-26-42-39(27-32)37-16-10-12-18-41(37)44(42,3)4)33-23-25-38-36-15-9-11-17-40(36)45(5,6)43(38)28-33/h7-29H,1-6H3. The zero-order chi connectivity index (χ0) is 31.8. The maximum Gasteiger partial charge on any atom is 0.0468 e. The molecule has 0 spiro atoms. The number of hydrogen-bond acceptors (Lipinski definition) is 1. The lowest BCUT2D eigenvalue weighted by atomic mass is 9.82. The van der Waals surface area contributed by atoms with Gasteiger partial charge in [0.25, 0.3) is 0 Å². The second kappa shape index (κ2) is 10.3. The molecule has 46 heavy (non-hydrogen) atoms. The van der Waals surface area contributed by atoms with Crippen molar-refractivity contribution in [2.75, 3.05) is 4.90 Å². The zero-order valence-corrected chi connectivity index (χ0v) is 27.7. The van der Waals surface area contributed by atoms with E-state index in [4.69, 9.17) is 0 Å². The summed E-state index contributed by atoms with van der Waals surface area (Å²) in [6.07, 6.45) is 0. The third-order valence-corrected chi connectivity index (χ3v) is 10.7. The first-order chi connectivity index (χ1) is 22.2. The molecule has 6 aromatic carbocycles. The van der Waals surface area contributed by atoms with Crippen LogP contribution in [0.2, 0.25) is 0 Å². The van der Waals surface area contributed by atoms with Crippen LogP contribution in [0.4, 0.5) is 17.1 Å². The largest absolute Gasteiger partial charge is 0.310 e. The van der Waals surface area contributed by atoms with Crippen molar-refractivity contribution in [3.63, 3.8) is 0 Å². The van der Waals surface area contributed by atoms with Gasteiger partial charge in [-0.3, -0.25) is 0 Å². The lowest BCUT2D eigenvalue weighted by Crippen LogP contribution is -2.17. The van der Waals surface area contributed by atoms with E-state index in [0.29, 0.717) is 5.92 Å². The Balaban J connectivity index is 1.30. The molecular formula is C45H41N. The maximum atomic E-state index is 2.45. The van der Waals surface area contributed by atoms with Crippen molar-refractivity contribution in [2.45, 2.75) is 58.3 Å². The SMILES string of the molecule is CC(C)c1ccccc1-c1ccc(N(c2ccc3c(c2)-c2ccccc2C3(C)C)c2ccc3c(c2)C(C)(C)c2ccccc2-3)cc1. The molecule has 0 amide bonds. The molecule has 0 radical (unpaired) electrons. The highest BCUT2D eigenvalue weighted by Gasteiger charge is 2.37.